The van der Waals surface area contributed by atoms with Crippen molar-refractivity contribution in [2.45, 2.75) is 46.6 Å². The van der Waals surface area contributed by atoms with Crippen molar-refractivity contribution in [3.05, 3.63) is 70.2 Å². The number of rotatable bonds is 6. The summed E-state index contributed by atoms with van der Waals surface area (Å²) >= 11 is 6.41. The fourth-order valence-electron chi connectivity index (χ4n) is 4.15. The van der Waals surface area contributed by atoms with E-state index in [1.807, 2.05) is 13.0 Å². The molecule has 0 saturated carbocycles. The zero-order valence-corrected chi connectivity index (χ0v) is 19.2. The summed E-state index contributed by atoms with van der Waals surface area (Å²) in [6.45, 7) is 9.48. The van der Waals surface area contributed by atoms with E-state index in [2.05, 4.69) is 19.9 Å². The first kappa shape index (κ1) is 23.0. The number of carbonyl (C=O) groups excluding carboxylic acids is 3. The number of carbonyl (C=O) groups is 3. The molecule has 1 saturated heterocycles. The minimum absolute atomic E-state index is 0.0296. The van der Waals surface area contributed by atoms with Gasteiger partial charge in [0.15, 0.2) is 11.4 Å². The van der Waals surface area contributed by atoms with Crippen LogP contribution in [0, 0.1) is 17.8 Å². The highest BCUT2D eigenvalue weighted by Gasteiger charge is 2.63. The van der Waals surface area contributed by atoms with E-state index < -0.39 is 35.0 Å². The third kappa shape index (κ3) is 4.11. The van der Waals surface area contributed by atoms with Crippen molar-refractivity contribution in [3.63, 3.8) is 0 Å². The molecule has 0 N–H and O–H groups in total. The first-order valence-electron chi connectivity index (χ1n) is 10.4. The second-order valence-corrected chi connectivity index (χ2v) is 8.69. The van der Waals surface area contributed by atoms with Gasteiger partial charge in [0, 0.05) is 11.1 Å². The van der Waals surface area contributed by atoms with Gasteiger partial charge < -0.3 is 9.47 Å². The molecule has 0 aromatic rings. The van der Waals surface area contributed by atoms with Crippen LogP contribution in [-0.2, 0) is 23.9 Å². The highest BCUT2D eigenvalue weighted by Crippen LogP contribution is 2.52. The van der Waals surface area contributed by atoms with Gasteiger partial charge in [-0.2, -0.15) is 0 Å². The topological polar surface area (TPSA) is 69.7 Å². The van der Waals surface area contributed by atoms with Gasteiger partial charge in [-0.3, -0.25) is 14.4 Å². The minimum Gasteiger partial charge on any atom is -0.465 e. The van der Waals surface area contributed by atoms with E-state index in [1.54, 1.807) is 25.2 Å². The molecule has 2 aliphatic heterocycles. The average Bonchev–Trinajstić information content (AvgIpc) is 3.01. The van der Waals surface area contributed by atoms with Crippen LogP contribution in [0.3, 0.4) is 0 Å². The lowest BCUT2D eigenvalue weighted by Crippen LogP contribution is -2.47. The predicted molar refractivity (Wildman–Crippen MR) is 119 cm³/mol. The third-order valence-electron chi connectivity index (χ3n) is 5.97. The zero-order chi connectivity index (χ0) is 22.9. The molecule has 3 rings (SSSR count). The van der Waals surface area contributed by atoms with Crippen LogP contribution in [0.1, 0.15) is 41.0 Å². The molecule has 0 aromatic heterocycles. The van der Waals surface area contributed by atoms with Gasteiger partial charge in [-0.05, 0) is 44.9 Å². The highest BCUT2D eigenvalue weighted by molar-refractivity contribution is 6.45. The molecule has 0 unspecified atom stereocenters. The minimum atomic E-state index is -1.54. The van der Waals surface area contributed by atoms with Gasteiger partial charge in [0.05, 0.1) is 17.2 Å². The zero-order valence-electron chi connectivity index (χ0n) is 18.4. The van der Waals surface area contributed by atoms with Crippen LogP contribution in [0.25, 0.3) is 0 Å². The quantitative estimate of drug-likeness (QED) is 0.247. The predicted octanol–water partition coefficient (Wildman–Crippen LogP) is 5.10. The van der Waals surface area contributed by atoms with Gasteiger partial charge >= 0.3 is 5.97 Å². The fraction of sp³-hybridized carbons (Fsp3) is 0.400. The Morgan fingerprint density at radius 2 is 2.03 bits per heavy atom. The molecule has 0 bridgehead atoms. The SMILES string of the molecule is CC=CC(=O)[C@H]1C(=O)O[C@]2(C)C(=O)C(Cl)=C3C=C(C=CC(C)=C[C@H](C)CC)OC=C3[C@H]12. The lowest BCUT2D eigenvalue weighted by atomic mass is 9.67. The van der Waals surface area contributed by atoms with Crippen LogP contribution < -0.4 is 0 Å². The molecular weight excluding hydrogens is 416 g/mol. The molecule has 3 aliphatic rings. The molecule has 0 spiro atoms. The van der Waals surface area contributed by atoms with Gasteiger partial charge in [0.1, 0.15) is 11.7 Å². The Labute approximate surface area is 187 Å². The van der Waals surface area contributed by atoms with Crippen LogP contribution in [-0.4, -0.2) is 23.1 Å². The Morgan fingerprint density at radius 3 is 2.68 bits per heavy atom. The maximum atomic E-state index is 13.1. The summed E-state index contributed by atoms with van der Waals surface area (Å²) in [6, 6.07) is 0. The Bertz CT molecular complexity index is 1010. The number of ketones is 2. The molecule has 5 nitrogen and oxygen atoms in total. The molecule has 0 amide bonds. The summed E-state index contributed by atoms with van der Waals surface area (Å²) < 4.78 is 11.2. The number of fused-ring (bicyclic) bond motifs is 3. The van der Waals surface area contributed by atoms with E-state index in [1.165, 1.54) is 19.3 Å². The number of allylic oxidation sites excluding steroid dienone is 8. The van der Waals surface area contributed by atoms with Crippen molar-refractivity contribution in [2.24, 2.45) is 17.8 Å². The summed E-state index contributed by atoms with van der Waals surface area (Å²) in [5.74, 6) is -2.59. The second kappa shape index (κ2) is 8.83. The number of Topliss-reactive ketones (excluding diaryl/α,β-unsaturated/α-hetero) is 1. The molecule has 1 fully saturated rings. The van der Waals surface area contributed by atoms with Gasteiger partial charge in [-0.15, -0.1) is 0 Å². The van der Waals surface area contributed by atoms with E-state index in [0.717, 1.165) is 12.0 Å². The van der Waals surface area contributed by atoms with Gasteiger partial charge in [-0.1, -0.05) is 55.7 Å². The first-order chi connectivity index (χ1) is 14.6. The van der Waals surface area contributed by atoms with E-state index >= 15 is 0 Å². The normalized spacial score (nSPS) is 29.4. The number of hydrogen-bond acceptors (Lipinski definition) is 5. The Kier molecular flexibility index (Phi) is 6.56. The largest absolute Gasteiger partial charge is 0.465 e. The number of esters is 1. The van der Waals surface area contributed by atoms with E-state index in [0.29, 0.717) is 22.8 Å². The summed E-state index contributed by atoms with van der Waals surface area (Å²) in [6.07, 6.45) is 13.0. The maximum absolute atomic E-state index is 13.1. The van der Waals surface area contributed by atoms with Crippen LogP contribution >= 0.6 is 11.6 Å². The average molecular weight is 443 g/mol. The van der Waals surface area contributed by atoms with Crippen molar-refractivity contribution >= 4 is 29.1 Å². The number of ether oxygens (including phenoxy) is 2. The molecule has 1 aliphatic carbocycles. The van der Waals surface area contributed by atoms with Crippen molar-refractivity contribution in [3.8, 4) is 0 Å². The van der Waals surface area contributed by atoms with Gasteiger partial charge in [0.25, 0.3) is 0 Å². The van der Waals surface area contributed by atoms with Gasteiger partial charge in [-0.25, -0.2) is 0 Å². The molecule has 0 radical (unpaired) electrons. The van der Waals surface area contributed by atoms with Crippen LogP contribution in [0.4, 0.5) is 0 Å². The smallest absolute Gasteiger partial charge is 0.318 e. The number of halogens is 1. The van der Waals surface area contributed by atoms with Crippen molar-refractivity contribution in [1.29, 1.82) is 0 Å². The summed E-state index contributed by atoms with van der Waals surface area (Å²) in [5.41, 5.74) is 0.531. The van der Waals surface area contributed by atoms with E-state index in [-0.39, 0.29) is 5.03 Å². The van der Waals surface area contributed by atoms with Crippen molar-refractivity contribution in [2.75, 3.05) is 0 Å². The Hall–Kier alpha value is -2.66. The fourth-order valence-corrected chi connectivity index (χ4v) is 4.50. The number of hydrogen-bond donors (Lipinski definition) is 0. The molecule has 2 heterocycles. The maximum Gasteiger partial charge on any atom is 0.318 e. The van der Waals surface area contributed by atoms with Crippen LogP contribution in [0.2, 0.25) is 0 Å². The summed E-state index contributed by atoms with van der Waals surface area (Å²) in [5, 5.41) is -0.0296. The molecule has 4 atom stereocenters. The van der Waals surface area contributed by atoms with E-state index in [4.69, 9.17) is 21.1 Å². The van der Waals surface area contributed by atoms with Gasteiger partial charge in [0.2, 0.25) is 5.78 Å². The van der Waals surface area contributed by atoms with E-state index in [9.17, 15) is 14.4 Å². The van der Waals surface area contributed by atoms with Crippen LogP contribution in [0.15, 0.2) is 70.2 Å². The second-order valence-electron chi connectivity index (χ2n) is 8.31. The monoisotopic (exact) mass is 442 g/mol. The van der Waals surface area contributed by atoms with Crippen molar-refractivity contribution < 1.29 is 23.9 Å². The van der Waals surface area contributed by atoms with Crippen molar-refractivity contribution in [1.82, 2.24) is 0 Å². The lowest BCUT2D eigenvalue weighted by molar-refractivity contribution is -0.156. The summed E-state index contributed by atoms with van der Waals surface area (Å²) in [4.78, 5) is 38.2. The molecule has 31 heavy (non-hydrogen) atoms. The molecule has 164 valence electrons. The Morgan fingerprint density at radius 1 is 1.32 bits per heavy atom. The third-order valence-corrected chi connectivity index (χ3v) is 6.35. The Balaban J connectivity index is 1.99. The molecular formula is C25H27ClO5. The standard InChI is InChI=1S/C25H27ClO5/c1-6-8-19(27)20-21-18-13-30-16(10-9-15(4)11-14(3)7-2)12-17(18)22(26)23(28)25(21,5)31-24(20)29/h6,8-14,20-21H,7H2,1-5H3/t14-,20-,21-,25+/m1/s1. The first-order valence-corrected chi connectivity index (χ1v) is 10.8. The summed E-state index contributed by atoms with van der Waals surface area (Å²) in [7, 11) is 0. The van der Waals surface area contributed by atoms with Crippen LogP contribution in [0.5, 0.6) is 0 Å². The highest BCUT2D eigenvalue weighted by atomic mass is 35.5. The molecule has 6 heteroatoms. The lowest BCUT2D eigenvalue weighted by Gasteiger charge is -2.36. The molecule has 0 aromatic carbocycles.